The lowest BCUT2D eigenvalue weighted by Gasteiger charge is -2.15. The fraction of sp³-hybridized carbons (Fsp3) is 0.150. The Bertz CT molecular complexity index is 1140. The third-order valence-corrected chi connectivity index (χ3v) is 6.32. The lowest BCUT2D eigenvalue weighted by Crippen LogP contribution is -2.09. The van der Waals surface area contributed by atoms with Gasteiger partial charge in [-0.05, 0) is 58.8 Å². The van der Waals surface area contributed by atoms with E-state index in [0.29, 0.717) is 5.95 Å². The van der Waals surface area contributed by atoms with Gasteiger partial charge in [0.1, 0.15) is 5.82 Å². The Kier molecular flexibility index (Phi) is 5.29. The number of benzene rings is 2. The number of nitrogens with one attached hydrogen (secondary N) is 2. The van der Waals surface area contributed by atoms with E-state index < -0.39 is 0 Å². The Morgan fingerprint density at radius 2 is 1.86 bits per heavy atom. The highest BCUT2D eigenvalue weighted by Gasteiger charge is 2.11. The molecule has 142 valence electrons. The van der Waals surface area contributed by atoms with Crippen molar-refractivity contribution in [3.05, 3.63) is 59.3 Å². The fourth-order valence-electron chi connectivity index (χ4n) is 2.96. The van der Waals surface area contributed by atoms with Crippen molar-refractivity contribution >= 4 is 63.2 Å². The molecule has 2 N–H and O–H groups in total. The molecule has 2 aromatic carbocycles. The largest absolute Gasteiger partial charge is 0.339 e. The molecule has 8 heteroatoms. The summed E-state index contributed by atoms with van der Waals surface area (Å²) in [6.07, 6.45) is 3.61. The average Bonchev–Trinajstić information content (AvgIpc) is 3.05. The van der Waals surface area contributed by atoms with Crippen LogP contribution in [0.15, 0.2) is 59.3 Å². The first-order valence-corrected chi connectivity index (χ1v) is 11.8. The maximum atomic E-state index is 4.66. The van der Waals surface area contributed by atoms with E-state index in [4.69, 9.17) is 0 Å². The summed E-state index contributed by atoms with van der Waals surface area (Å²) in [5.41, 5.74) is 3.03. The van der Waals surface area contributed by atoms with Gasteiger partial charge in [0.15, 0.2) is 0 Å². The normalized spacial score (nSPS) is 11.2. The molecule has 0 fully saturated rings. The van der Waals surface area contributed by atoms with Gasteiger partial charge < -0.3 is 10.6 Å². The van der Waals surface area contributed by atoms with Crippen molar-refractivity contribution in [2.45, 2.75) is 0 Å². The molecule has 0 atom stereocenters. The van der Waals surface area contributed by atoms with E-state index in [1.165, 1.54) is 5.30 Å². The minimum Gasteiger partial charge on any atom is -0.339 e. The van der Waals surface area contributed by atoms with E-state index in [-0.39, 0.29) is 7.92 Å². The number of rotatable bonds is 5. The molecule has 0 radical (unpaired) electrons. The highest BCUT2D eigenvalue weighted by molar-refractivity contribution is 9.10. The zero-order chi connectivity index (χ0) is 19.7. The molecule has 28 heavy (non-hydrogen) atoms. The molecular formula is C20H20BrN6P. The van der Waals surface area contributed by atoms with Crippen molar-refractivity contribution in [1.29, 1.82) is 0 Å². The molecule has 2 heterocycles. The smallest absolute Gasteiger partial charge is 0.229 e. The van der Waals surface area contributed by atoms with Crippen LogP contribution in [0.1, 0.15) is 0 Å². The molecule has 0 aliphatic rings. The van der Waals surface area contributed by atoms with Gasteiger partial charge in [0.25, 0.3) is 0 Å². The van der Waals surface area contributed by atoms with Crippen molar-refractivity contribution in [2.24, 2.45) is 7.05 Å². The number of hydrogen-bond donors (Lipinski definition) is 2. The van der Waals surface area contributed by atoms with Gasteiger partial charge in [-0.25, -0.2) is 4.98 Å². The Morgan fingerprint density at radius 3 is 2.68 bits per heavy atom. The lowest BCUT2D eigenvalue weighted by atomic mass is 10.2. The molecule has 0 spiro atoms. The highest BCUT2D eigenvalue weighted by atomic mass is 79.9. The molecule has 0 unspecified atom stereocenters. The number of para-hydroxylation sites is 1. The second-order valence-electron chi connectivity index (χ2n) is 6.59. The van der Waals surface area contributed by atoms with Crippen molar-refractivity contribution in [1.82, 2.24) is 19.7 Å². The van der Waals surface area contributed by atoms with Gasteiger partial charge in [0, 0.05) is 30.0 Å². The third-order valence-electron chi connectivity index (χ3n) is 4.39. The topological polar surface area (TPSA) is 67.7 Å². The third kappa shape index (κ3) is 3.86. The Labute approximate surface area is 173 Å². The summed E-state index contributed by atoms with van der Waals surface area (Å²) >= 11 is 3.55. The standard InChI is InChI=1S/C20H20BrN6P/c1-27-17-10-14(9-8-13(17)11-23-27)24-20-22-12-15(21)19(26-20)25-16-6-4-5-7-18(16)28(2)3/h4-12H,1-3H3,(H2,22,24,25,26). The first kappa shape index (κ1) is 18.8. The quantitative estimate of drug-likeness (QED) is 0.416. The first-order valence-electron chi connectivity index (χ1n) is 8.76. The molecule has 4 aromatic rings. The number of anilines is 4. The summed E-state index contributed by atoms with van der Waals surface area (Å²) in [6.45, 7) is 4.48. The van der Waals surface area contributed by atoms with Crippen LogP contribution in [0.4, 0.5) is 23.1 Å². The summed E-state index contributed by atoms with van der Waals surface area (Å²) in [5, 5.41) is 13.4. The van der Waals surface area contributed by atoms with Crippen LogP contribution in [0.25, 0.3) is 10.9 Å². The highest BCUT2D eigenvalue weighted by Crippen LogP contribution is 2.31. The van der Waals surface area contributed by atoms with Crippen LogP contribution in [-0.2, 0) is 7.05 Å². The predicted molar refractivity (Wildman–Crippen MR) is 122 cm³/mol. The molecule has 0 saturated carbocycles. The van der Waals surface area contributed by atoms with Gasteiger partial charge in [0.2, 0.25) is 5.95 Å². The van der Waals surface area contributed by atoms with Crippen molar-refractivity contribution in [3.63, 3.8) is 0 Å². The van der Waals surface area contributed by atoms with Gasteiger partial charge in [-0.1, -0.05) is 26.1 Å². The van der Waals surface area contributed by atoms with E-state index in [2.05, 4.69) is 73.2 Å². The molecule has 4 rings (SSSR count). The Morgan fingerprint density at radius 1 is 1.04 bits per heavy atom. The maximum absolute atomic E-state index is 4.66. The maximum Gasteiger partial charge on any atom is 0.229 e. The molecule has 0 aliphatic heterocycles. The number of halogens is 1. The van der Waals surface area contributed by atoms with Gasteiger partial charge in [-0.3, -0.25) is 4.68 Å². The number of aromatic nitrogens is 4. The number of aryl methyl sites for hydroxylation is 1. The van der Waals surface area contributed by atoms with Crippen LogP contribution in [0.3, 0.4) is 0 Å². The van der Waals surface area contributed by atoms with E-state index in [1.807, 2.05) is 42.2 Å². The second kappa shape index (κ2) is 7.86. The first-order chi connectivity index (χ1) is 13.5. The lowest BCUT2D eigenvalue weighted by molar-refractivity contribution is 0.797. The molecule has 0 aliphatic carbocycles. The molecule has 0 amide bonds. The summed E-state index contributed by atoms with van der Waals surface area (Å²) < 4.78 is 2.66. The molecule has 2 aromatic heterocycles. The van der Waals surface area contributed by atoms with Gasteiger partial charge in [-0.2, -0.15) is 10.1 Å². The molecule has 0 bridgehead atoms. The van der Waals surface area contributed by atoms with Crippen molar-refractivity contribution in [3.8, 4) is 0 Å². The minimum atomic E-state index is -0.230. The molecule has 0 saturated heterocycles. The second-order valence-corrected chi connectivity index (χ2v) is 9.72. The fourth-order valence-corrected chi connectivity index (χ4v) is 4.25. The minimum absolute atomic E-state index is 0.230. The Balaban J connectivity index is 1.62. The average molecular weight is 455 g/mol. The van der Waals surface area contributed by atoms with Gasteiger partial charge in [0.05, 0.1) is 16.2 Å². The van der Waals surface area contributed by atoms with Crippen molar-refractivity contribution < 1.29 is 0 Å². The number of hydrogen-bond acceptors (Lipinski definition) is 5. The molecule has 6 nitrogen and oxygen atoms in total. The van der Waals surface area contributed by atoms with Crippen LogP contribution in [0, 0.1) is 0 Å². The SMILES string of the molecule is Cn1ncc2ccc(Nc3ncc(Br)c(Nc4ccccc4P(C)C)n3)cc21. The Hall–Kier alpha value is -2.50. The van der Waals surface area contributed by atoms with Gasteiger partial charge >= 0.3 is 0 Å². The van der Waals surface area contributed by atoms with Crippen LogP contribution in [0.5, 0.6) is 0 Å². The number of nitrogens with zero attached hydrogens (tertiary/aromatic N) is 4. The van der Waals surface area contributed by atoms with Gasteiger partial charge in [-0.15, -0.1) is 0 Å². The van der Waals surface area contributed by atoms with E-state index in [9.17, 15) is 0 Å². The van der Waals surface area contributed by atoms with Crippen LogP contribution in [-0.4, -0.2) is 33.1 Å². The van der Waals surface area contributed by atoms with Crippen LogP contribution >= 0.6 is 23.9 Å². The summed E-state index contributed by atoms with van der Waals surface area (Å²) in [4.78, 5) is 9.05. The van der Waals surface area contributed by atoms with E-state index in [1.54, 1.807) is 6.20 Å². The predicted octanol–water partition coefficient (Wildman–Crippen LogP) is 4.98. The summed E-state index contributed by atoms with van der Waals surface area (Å²) in [7, 11) is 1.70. The van der Waals surface area contributed by atoms with Crippen LogP contribution < -0.4 is 15.9 Å². The summed E-state index contributed by atoms with van der Waals surface area (Å²) in [5.74, 6) is 1.25. The van der Waals surface area contributed by atoms with E-state index >= 15 is 0 Å². The summed E-state index contributed by atoms with van der Waals surface area (Å²) in [6, 6.07) is 14.4. The van der Waals surface area contributed by atoms with Crippen molar-refractivity contribution in [2.75, 3.05) is 24.0 Å². The zero-order valence-electron chi connectivity index (χ0n) is 15.8. The monoisotopic (exact) mass is 454 g/mol. The van der Waals surface area contributed by atoms with E-state index in [0.717, 1.165) is 32.6 Å². The molecular weight excluding hydrogens is 435 g/mol. The zero-order valence-corrected chi connectivity index (χ0v) is 18.3. The van der Waals surface area contributed by atoms with Crippen LogP contribution in [0.2, 0.25) is 0 Å². The number of fused-ring (bicyclic) bond motifs is 1.